The van der Waals surface area contributed by atoms with Gasteiger partial charge in [-0.3, -0.25) is 14.6 Å². The lowest BCUT2D eigenvalue weighted by Gasteiger charge is -2.21. The number of aromatic nitrogens is 3. The number of hydrogen-bond acceptors (Lipinski definition) is 5. The monoisotopic (exact) mass is 433 g/mol. The number of hydrogen-bond donors (Lipinski definition) is 2. The molecule has 0 fully saturated rings. The van der Waals surface area contributed by atoms with Crippen molar-refractivity contribution in [2.75, 3.05) is 0 Å². The zero-order valence-corrected chi connectivity index (χ0v) is 18.1. The molecule has 2 N–H and O–H groups in total. The Balaban J connectivity index is 1.46. The molecule has 31 heavy (non-hydrogen) atoms. The minimum atomic E-state index is -0.649. The van der Waals surface area contributed by atoms with Gasteiger partial charge in [0.15, 0.2) is 5.13 Å². The number of carbonyl (C=O) groups is 2. The smallest absolute Gasteiger partial charge is 0.251 e. The molecule has 0 saturated heterocycles. The second-order valence-electron chi connectivity index (χ2n) is 7.50. The quantitative estimate of drug-likeness (QED) is 0.466. The molecule has 3 aromatic heterocycles. The molecule has 1 aromatic carbocycles. The van der Waals surface area contributed by atoms with Gasteiger partial charge in [-0.2, -0.15) is 0 Å². The highest BCUT2D eigenvalue weighted by Crippen LogP contribution is 2.26. The van der Waals surface area contributed by atoms with Gasteiger partial charge < -0.3 is 15.2 Å². The first kappa shape index (κ1) is 20.7. The number of carbonyl (C=O) groups excluding carboxylic acids is 2. The fraction of sp³-hybridized carbons (Fsp3) is 0.217. The zero-order valence-electron chi connectivity index (χ0n) is 17.3. The number of nitrogens with one attached hydrogen (secondary N) is 2. The van der Waals surface area contributed by atoms with Gasteiger partial charge in [0.2, 0.25) is 5.91 Å². The largest absolute Gasteiger partial charge is 0.349 e. The standard InChI is InChI=1S/C23H23N5O2S/c1-15(2)20(22(30)25-14-17-7-3-4-10-24-17)27-21(29)16-8-9-18-19(13-16)31-23(26-18)28-11-5-6-12-28/h3-13,15,20H,14H2,1-2H3,(H,25,30)(H,27,29)/t20-/m1/s1. The molecular weight excluding hydrogens is 410 g/mol. The summed E-state index contributed by atoms with van der Waals surface area (Å²) in [6.07, 6.45) is 5.55. The molecule has 2 amide bonds. The van der Waals surface area contributed by atoms with E-state index in [1.807, 2.05) is 73.3 Å². The second-order valence-corrected chi connectivity index (χ2v) is 8.51. The van der Waals surface area contributed by atoms with Gasteiger partial charge in [0, 0.05) is 24.2 Å². The van der Waals surface area contributed by atoms with Gasteiger partial charge in [-0.15, -0.1) is 0 Å². The fourth-order valence-corrected chi connectivity index (χ4v) is 4.15. The van der Waals surface area contributed by atoms with E-state index in [1.165, 1.54) is 11.3 Å². The Hall–Kier alpha value is -3.52. The number of benzene rings is 1. The molecule has 8 heteroatoms. The first-order valence-electron chi connectivity index (χ1n) is 10.0. The average molecular weight is 434 g/mol. The van der Waals surface area contributed by atoms with Gasteiger partial charge in [0.25, 0.3) is 5.91 Å². The molecule has 4 rings (SSSR count). The average Bonchev–Trinajstić information content (AvgIpc) is 3.45. The molecule has 0 spiro atoms. The summed E-state index contributed by atoms with van der Waals surface area (Å²) in [6.45, 7) is 4.12. The highest BCUT2D eigenvalue weighted by atomic mass is 32.1. The first-order chi connectivity index (χ1) is 15.0. The lowest BCUT2D eigenvalue weighted by molar-refractivity contribution is -0.124. The van der Waals surface area contributed by atoms with Crippen molar-refractivity contribution >= 4 is 33.4 Å². The Labute approximate surface area is 184 Å². The molecule has 0 aliphatic rings. The van der Waals surface area contributed by atoms with E-state index in [1.54, 1.807) is 12.3 Å². The Morgan fingerprint density at radius 1 is 1.10 bits per heavy atom. The van der Waals surface area contributed by atoms with Crippen LogP contribution in [0.15, 0.2) is 67.1 Å². The van der Waals surface area contributed by atoms with E-state index in [0.29, 0.717) is 12.1 Å². The second kappa shape index (κ2) is 9.09. The lowest BCUT2D eigenvalue weighted by atomic mass is 10.0. The van der Waals surface area contributed by atoms with Crippen molar-refractivity contribution < 1.29 is 9.59 Å². The molecule has 1 atom stereocenters. The molecule has 7 nitrogen and oxygen atoms in total. The fourth-order valence-electron chi connectivity index (χ4n) is 3.18. The molecule has 4 aromatic rings. The molecule has 3 heterocycles. The number of pyridine rings is 1. The third kappa shape index (κ3) is 4.80. The van der Waals surface area contributed by atoms with Crippen molar-refractivity contribution in [2.45, 2.75) is 26.4 Å². The molecular formula is C23H23N5O2S. The third-order valence-corrected chi connectivity index (χ3v) is 5.90. The van der Waals surface area contributed by atoms with Crippen LogP contribution in [-0.2, 0) is 11.3 Å². The van der Waals surface area contributed by atoms with E-state index in [0.717, 1.165) is 21.0 Å². The van der Waals surface area contributed by atoms with Crippen LogP contribution in [-0.4, -0.2) is 32.4 Å². The van der Waals surface area contributed by atoms with Crippen molar-refractivity contribution in [1.29, 1.82) is 0 Å². The van der Waals surface area contributed by atoms with Crippen molar-refractivity contribution in [2.24, 2.45) is 5.92 Å². The normalized spacial score (nSPS) is 12.1. The maximum atomic E-state index is 12.9. The maximum absolute atomic E-state index is 12.9. The summed E-state index contributed by atoms with van der Waals surface area (Å²) in [4.78, 5) is 34.4. The number of rotatable bonds is 7. The predicted octanol–water partition coefficient (Wildman–Crippen LogP) is 3.55. The topological polar surface area (TPSA) is 88.9 Å². The molecule has 0 aliphatic heterocycles. The van der Waals surface area contributed by atoms with Crippen LogP contribution in [0.3, 0.4) is 0 Å². The Kier molecular flexibility index (Phi) is 6.08. The molecule has 0 aliphatic carbocycles. The number of fused-ring (bicyclic) bond motifs is 1. The van der Waals surface area contributed by atoms with E-state index < -0.39 is 6.04 Å². The summed E-state index contributed by atoms with van der Waals surface area (Å²) >= 11 is 1.51. The van der Waals surface area contributed by atoms with Crippen molar-refractivity contribution in [3.63, 3.8) is 0 Å². The highest BCUT2D eigenvalue weighted by molar-refractivity contribution is 7.20. The van der Waals surface area contributed by atoms with Crippen LogP contribution in [0.5, 0.6) is 0 Å². The number of thiazole rings is 1. The maximum Gasteiger partial charge on any atom is 0.251 e. The Morgan fingerprint density at radius 2 is 1.90 bits per heavy atom. The van der Waals surface area contributed by atoms with Gasteiger partial charge in [0.05, 0.1) is 22.5 Å². The lowest BCUT2D eigenvalue weighted by Crippen LogP contribution is -2.49. The summed E-state index contributed by atoms with van der Waals surface area (Å²) in [5.41, 5.74) is 2.09. The van der Waals surface area contributed by atoms with E-state index >= 15 is 0 Å². The SMILES string of the molecule is CC(C)[C@@H](NC(=O)c1ccc2nc(-n3cccc3)sc2c1)C(=O)NCc1ccccn1. The minimum absolute atomic E-state index is 0.0693. The van der Waals surface area contributed by atoms with Crippen LogP contribution < -0.4 is 10.6 Å². The van der Waals surface area contributed by atoms with Crippen molar-refractivity contribution in [3.05, 3.63) is 78.4 Å². The third-order valence-electron chi connectivity index (χ3n) is 4.87. The van der Waals surface area contributed by atoms with Crippen LogP contribution in [0.2, 0.25) is 0 Å². The van der Waals surface area contributed by atoms with E-state index in [2.05, 4.69) is 20.6 Å². The Morgan fingerprint density at radius 3 is 2.61 bits per heavy atom. The van der Waals surface area contributed by atoms with Gasteiger partial charge in [-0.1, -0.05) is 31.3 Å². The van der Waals surface area contributed by atoms with Crippen molar-refractivity contribution in [3.8, 4) is 5.13 Å². The van der Waals surface area contributed by atoms with Gasteiger partial charge in [-0.05, 0) is 48.4 Å². The van der Waals surface area contributed by atoms with Crippen LogP contribution in [0.1, 0.15) is 29.9 Å². The first-order valence-corrected chi connectivity index (χ1v) is 10.9. The van der Waals surface area contributed by atoms with Gasteiger partial charge in [-0.25, -0.2) is 4.98 Å². The molecule has 0 saturated carbocycles. The molecule has 0 bridgehead atoms. The van der Waals surface area contributed by atoms with Crippen LogP contribution in [0.25, 0.3) is 15.3 Å². The van der Waals surface area contributed by atoms with E-state index in [9.17, 15) is 9.59 Å². The van der Waals surface area contributed by atoms with Crippen molar-refractivity contribution in [1.82, 2.24) is 25.2 Å². The van der Waals surface area contributed by atoms with Gasteiger partial charge in [0.1, 0.15) is 6.04 Å². The molecule has 0 radical (unpaired) electrons. The van der Waals surface area contributed by atoms with Gasteiger partial charge >= 0.3 is 0 Å². The summed E-state index contributed by atoms with van der Waals surface area (Å²) in [6, 6.07) is 14.2. The summed E-state index contributed by atoms with van der Waals surface area (Å²) in [5.74, 6) is -0.590. The Bertz CT molecular complexity index is 1190. The summed E-state index contributed by atoms with van der Waals surface area (Å²) < 4.78 is 2.85. The zero-order chi connectivity index (χ0) is 21.8. The predicted molar refractivity (Wildman–Crippen MR) is 121 cm³/mol. The minimum Gasteiger partial charge on any atom is -0.349 e. The summed E-state index contributed by atoms with van der Waals surface area (Å²) in [7, 11) is 0. The number of nitrogens with zero attached hydrogens (tertiary/aromatic N) is 3. The van der Waals surface area contributed by atoms with E-state index in [-0.39, 0.29) is 17.7 Å². The van der Waals surface area contributed by atoms with E-state index in [4.69, 9.17) is 0 Å². The van der Waals surface area contributed by atoms with Crippen LogP contribution >= 0.6 is 11.3 Å². The summed E-state index contributed by atoms with van der Waals surface area (Å²) in [5, 5.41) is 6.57. The highest BCUT2D eigenvalue weighted by Gasteiger charge is 2.25. The van der Waals surface area contributed by atoms with Crippen LogP contribution in [0.4, 0.5) is 0 Å². The number of amides is 2. The van der Waals surface area contributed by atoms with Crippen LogP contribution in [0, 0.1) is 5.92 Å². The molecule has 0 unspecified atom stereocenters. The molecule has 158 valence electrons.